The molecule has 1 aliphatic rings. The zero-order chi connectivity index (χ0) is 17.6. The first-order valence-electron chi connectivity index (χ1n) is 8.66. The maximum absolute atomic E-state index is 12.5. The number of amides is 2. The quantitative estimate of drug-likeness (QED) is 0.833. The first kappa shape index (κ1) is 17.1. The van der Waals surface area contributed by atoms with Crippen molar-refractivity contribution in [2.45, 2.75) is 38.0 Å². The summed E-state index contributed by atoms with van der Waals surface area (Å²) in [5.41, 5.74) is 7.38. The minimum absolute atomic E-state index is 0.175. The Morgan fingerprint density at radius 3 is 2.96 bits per heavy atom. The van der Waals surface area contributed by atoms with E-state index in [0.717, 1.165) is 43.6 Å². The highest BCUT2D eigenvalue weighted by Crippen LogP contribution is 2.26. The summed E-state index contributed by atoms with van der Waals surface area (Å²) in [5, 5.41) is 6.82. The Labute approximate surface area is 146 Å². The fourth-order valence-electron chi connectivity index (χ4n) is 3.25. The van der Waals surface area contributed by atoms with Gasteiger partial charge < -0.3 is 10.6 Å². The predicted molar refractivity (Wildman–Crippen MR) is 92.8 cm³/mol. The van der Waals surface area contributed by atoms with Gasteiger partial charge in [-0.3, -0.25) is 19.7 Å². The summed E-state index contributed by atoms with van der Waals surface area (Å²) in [6, 6.07) is 7.53. The summed E-state index contributed by atoms with van der Waals surface area (Å²) < 4.78 is 0. The number of hydrogen-bond acceptors (Lipinski definition) is 4. The van der Waals surface area contributed by atoms with Crippen LogP contribution in [0.25, 0.3) is 0 Å². The first-order valence-corrected chi connectivity index (χ1v) is 8.66. The van der Waals surface area contributed by atoms with Crippen LogP contribution in [0.15, 0.2) is 30.5 Å². The summed E-state index contributed by atoms with van der Waals surface area (Å²) >= 11 is 0. The normalized spacial score (nSPS) is 17.4. The van der Waals surface area contributed by atoms with Gasteiger partial charge in [0.05, 0.1) is 0 Å². The number of carbonyl (C=O) groups excluding carboxylic acids is 2. The molecule has 7 nitrogen and oxygen atoms in total. The van der Waals surface area contributed by atoms with Crippen LogP contribution in [0.2, 0.25) is 0 Å². The molecule has 0 aromatic carbocycles. The molecule has 0 radical (unpaired) electrons. The van der Waals surface area contributed by atoms with Crippen LogP contribution in [0, 0.1) is 0 Å². The van der Waals surface area contributed by atoms with Crippen LogP contribution in [-0.4, -0.2) is 45.0 Å². The number of piperidine rings is 1. The van der Waals surface area contributed by atoms with Gasteiger partial charge in [-0.1, -0.05) is 6.07 Å². The lowest BCUT2D eigenvalue weighted by Crippen LogP contribution is -2.39. The largest absolute Gasteiger partial charge is 0.364 e. The van der Waals surface area contributed by atoms with Gasteiger partial charge in [-0.15, -0.1) is 0 Å². The second-order valence-corrected chi connectivity index (χ2v) is 6.43. The molecule has 3 heterocycles. The van der Waals surface area contributed by atoms with Gasteiger partial charge in [0.25, 0.3) is 5.91 Å². The molecule has 132 valence electrons. The van der Waals surface area contributed by atoms with Gasteiger partial charge in [-0.2, -0.15) is 5.10 Å². The number of hydrogen-bond donors (Lipinski definition) is 2. The number of rotatable bonds is 6. The van der Waals surface area contributed by atoms with Gasteiger partial charge in [0.1, 0.15) is 5.69 Å². The van der Waals surface area contributed by atoms with Crippen molar-refractivity contribution >= 4 is 11.8 Å². The predicted octanol–water partition coefficient (Wildman–Crippen LogP) is 1.63. The highest BCUT2D eigenvalue weighted by Gasteiger charge is 2.26. The van der Waals surface area contributed by atoms with Crippen LogP contribution in [0.4, 0.5) is 0 Å². The third-order valence-electron chi connectivity index (χ3n) is 4.61. The van der Waals surface area contributed by atoms with Crippen LogP contribution in [-0.2, 0) is 11.2 Å². The van der Waals surface area contributed by atoms with Crippen molar-refractivity contribution in [3.05, 3.63) is 47.5 Å². The van der Waals surface area contributed by atoms with Crippen molar-refractivity contribution in [3.63, 3.8) is 0 Å². The summed E-state index contributed by atoms with van der Waals surface area (Å²) in [6.07, 6.45) is 5.83. The van der Waals surface area contributed by atoms with Crippen LogP contribution in [0.3, 0.4) is 0 Å². The Morgan fingerprint density at radius 1 is 1.36 bits per heavy atom. The molecule has 2 aromatic rings. The molecular formula is C18H23N5O2. The van der Waals surface area contributed by atoms with Gasteiger partial charge in [0, 0.05) is 43.0 Å². The van der Waals surface area contributed by atoms with Crippen molar-refractivity contribution in [1.29, 1.82) is 0 Å². The van der Waals surface area contributed by atoms with E-state index in [1.807, 2.05) is 23.1 Å². The summed E-state index contributed by atoms with van der Waals surface area (Å²) in [7, 11) is 0. The average Bonchev–Trinajstić information content (AvgIpc) is 3.13. The molecule has 1 saturated heterocycles. The van der Waals surface area contributed by atoms with E-state index < -0.39 is 5.91 Å². The van der Waals surface area contributed by atoms with E-state index in [1.165, 1.54) is 0 Å². The van der Waals surface area contributed by atoms with Crippen LogP contribution in [0.1, 0.15) is 53.5 Å². The van der Waals surface area contributed by atoms with Gasteiger partial charge in [-0.25, -0.2) is 0 Å². The van der Waals surface area contributed by atoms with Gasteiger partial charge in [-0.05, 0) is 43.9 Å². The number of H-pyrrole nitrogens is 1. The number of carbonyl (C=O) groups is 2. The van der Waals surface area contributed by atoms with E-state index in [1.54, 1.807) is 12.3 Å². The van der Waals surface area contributed by atoms with Crippen molar-refractivity contribution in [3.8, 4) is 0 Å². The van der Waals surface area contributed by atoms with Gasteiger partial charge >= 0.3 is 0 Å². The maximum atomic E-state index is 12.5. The smallest absolute Gasteiger partial charge is 0.269 e. The number of nitrogens with one attached hydrogen (secondary N) is 1. The minimum Gasteiger partial charge on any atom is -0.364 e. The van der Waals surface area contributed by atoms with Crippen LogP contribution in [0.5, 0.6) is 0 Å². The van der Waals surface area contributed by atoms with Crippen LogP contribution < -0.4 is 5.73 Å². The molecule has 3 N–H and O–H groups in total. The van der Waals surface area contributed by atoms with E-state index >= 15 is 0 Å². The third-order valence-corrected chi connectivity index (χ3v) is 4.61. The molecule has 0 bridgehead atoms. The Hall–Kier alpha value is -2.70. The number of primary amides is 1. The Balaban J connectivity index is 1.51. The number of likely N-dealkylation sites (tertiary alicyclic amines) is 1. The molecular weight excluding hydrogens is 318 g/mol. The zero-order valence-electron chi connectivity index (χ0n) is 14.1. The highest BCUT2D eigenvalue weighted by atomic mass is 16.2. The standard InChI is InChI=1S/C18H23N5O2/c19-18(25)16-11-15(21-22-16)13-5-4-10-23(12-13)17(24)8-3-7-14-6-1-2-9-20-14/h1-2,6,9,11,13H,3-5,7-8,10,12H2,(H2,19,25)(H,21,22). The zero-order valence-corrected chi connectivity index (χ0v) is 14.1. The molecule has 2 amide bonds. The van der Waals surface area contributed by atoms with E-state index in [9.17, 15) is 9.59 Å². The highest BCUT2D eigenvalue weighted by molar-refractivity contribution is 5.90. The monoisotopic (exact) mass is 341 g/mol. The van der Waals surface area contributed by atoms with E-state index in [4.69, 9.17) is 5.73 Å². The van der Waals surface area contributed by atoms with Gasteiger partial charge in [0.2, 0.25) is 5.91 Å². The molecule has 1 fully saturated rings. The molecule has 25 heavy (non-hydrogen) atoms. The lowest BCUT2D eigenvalue weighted by atomic mass is 9.94. The molecule has 0 aliphatic carbocycles. The minimum atomic E-state index is -0.541. The summed E-state index contributed by atoms with van der Waals surface area (Å²) in [4.78, 5) is 29.9. The number of aromatic nitrogens is 3. The molecule has 0 spiro atoms. The average molecular weight is 341 g/mol. The molecule has 2 aromatic heterocycles. The molecule has 1 unspecified atom stereocenters. The van der Waals surface area contributed by atoms with E-state index in [-0.39, 0.29) is 17.5 Å². The number of aryl methyl sites for hydroxylation is 1. The van der Waals surface area contributed by atoms with E-state index in [0.29, 0.717) is 13.0 Å². The Kier molecular flexibility index (Phi) is 5.42. The second kappa shape index (κ2) is 7.92. The maximum Gasteiger partial charge on any atom is 0.269 e. The first-order chi connectivity index (χ1) is 12.1. The lowest BCUT2D eigenvalue weighted by molar-refractivity contribution is -0.132. The van der Waals surface area contributed by atoms with Crippen molar-refractivity contribution in [2.75, 3.05) is 13.1 Å². The number of aromatic amines is 1. The fraction of sp³-hybridized carbons (Fsp3) is 0.444. The van der Waals surface area contributed by atoms with Crippen molar-refractivity contribution in [2.24, 2.45) is 5.73 Å². The summed E-state index contributed by atoms with van der Waals surface area (Å²) in [6.45, 7) is 1.44. The Morgan fingerprint density at radius 2 is 2.24 bits per heavy atom. The SMILES string of the molecule is NC(=O)c1cc(C2CCCN(C(=O)CCCc3ccccn3)C2)[nH]n1. The van der Waals surface area contributed by atoms with Crippen LogP contribution >= 0.6 is 0 Å². The number of nitrogens with two attached hydrogens (primary N) is 1. The van der Waals surface area contributed by atoms with Gasteiger partial charge in [0.15, 0.2) is 0 Å². The molecule has 7 heteroatoms. The molecule has 1 atom stereocenters. The van der Waals surface area contributed by atoms with E-state index in [2.05, 4.69) is 15.2 Å². The molecule has 3 rings (SSSR count). The van der Waals surface area contributed by atoms with Crippen molar-refractivity contribution in [1.82, 2.24) is 20.1 Å². The molecule has 0 saturated carbocycles. The number of nitrogens with zero attached hydrogens (tertiary/aromatic N) is 3. The second-order valence-electron chi connectivity index (χ2n) is 6.43. The lowest BCUT2D eigenvalue weighted by Gasteiger charge is -2.32. The third kappa shape index (κ3) is 4.43. The fourth-order valence-corrected chi connectivity index (χ4v) is 3.25. The number of pyridine rings is 1. The Bertz CT molecular complexity index is 728. The summed E-state index contributed by atoms with van der Waals surface area (Å²) in [5.74, 6) is -0.190. The molecule has 1 aliphatic heterocycles. The van der Waals surface area contributed by atoms with Crippen molar-refractivity contribution < 1.29 is 9.59 Å². The topological polar surface area (TPSA) is 105 Å².